The van der Waals surface area contributed by atoms with Crippen molar-refractivity contribution in [1.29, 1.82) is 0 Å². The molecule has 0 saturated carbocycles. The number of aliphatic carboxylic acids is 1. The summed E-state index contributed by atoms with van der Waals surface area (Å²) in [7, 11) is 1.62. The summed E-state index contributed by atoms with van der Waals surface area (Å²) in [6.07, 6.45) is 4.79. The Morgan fingerprint density at radius 3 is 2.13 bits per heavy atom. The zero-order valence-corrected chi connectivity index (χ0v) is 40.8. The summed E-state index contributed by atoms with van der Waals surface area (Å²) in [5, 5.41) is 19.9. The van der Waals surface area contributed by atoms with Crippen molar-refractivity contribution in [2.75, 3.05) is 44.8 Å². The third-order valence-electron chi connectivity index (χ3n) is 8.93. The van der Waals surface area contributed by atoms with Crippen LogP contribution in [-0.4, -0.2) is 101 Å². The van der Waals surface area contributed by atoms with Crippen LogP contribution in [0, 0.1) is 7.43 Å². The van der Waals surface area contributed by atoms with Gasteiger partial charge in [-0.15, -0.1) is 46.7 Å². The number of amides is 3. The number of rotatable bonds is 18. The number of carboxylic acid groups (broad SMARTS) is 1. The first-order valence-electron chi connectivity index (χ1n) is 19.0. The number of nitrogens with two attached hydrogens (primary N) is 1. The van der Waals surface area contributed by atoms with Gasteiger partial charge < -0.3 is 40.6 Å². The van der Waals surface area contributed by atoms with Crippen LogP contribution < -0.4 is 21.5 Å². The molecule has 0 spiro atoms. The SMILES string of the molecule is C.CC(C)c1nc(CN(C)C(=O)N[C@@H](CCN2CCOCC2)C(=O)[O-])cs1.CI.I.N[C@H](CC[C@H](Cc1ccccc1)NC(=O)OCc1cncs1)Cc1ccccc1.[CH3+]. The number of aromatic nitrogens is 2. The molecule has 3 amide bonds. The lowest BCUT2D eigenvalue weighted by atomic mass is 9.96. The molecular formula is C43H65I2N7O6S2. The van der Waals surface area contributed by atoms with Gasteiger partial charge in [-0.05, 0) is 48.2 Å². The van der Waals surface area contributed by atoms with Gasteiger partial charge in [0, 0.05) is 63.7 Å². The minimum atomic E-state index is -1.27. The average molecular weight is 1090 g/mol. The normalized spacial score (nSPS) is 13.4. The van der Waals surface area contributed by atoms with Crippen LogP contribution in [-0.2, 0) is 40.3 Å². The number of alkyl halides is 1. The van der Waals surface area contributed by atoms with Crippen molar-refractivity contribution in [3.63, 3.8) is 0 Å². The molecule has 60 heavy (non-hydrogen) atoms. The molecule has 334 valence electrons. The first kappa shape index (κ1) is 56.9. The lowest BCUT2D eigenvalue weighted by Crippen LogP contribution is -2.52. The molecule has 1 saturated heterocycles. The number of hydrogen-bond acceptors (Lipinski definition) is 12. The third-order valence-corrected chi connectivity index (χ3v) is 10.9. The number of carbonyl (C=O) groups is 3. The Kier molecular flexibility index (Phi) is 30.9. The number of nitrogens with zero attached hydrogens (tertiary/aromatic N) is 4. The number of ether oxygens (including phenoxy) is 2. The van der Waals surface area contributed by atoms with Gasteiger partial charge in [-0.1, -0.05) is 105 Å². The number of alkyl carbamates (subject to hydrolysis) is 1. The second-order valence-electron chi connectivity index (χ2n) is 13.9. The van der Waals surface area contributed by atoms with Gasteiger partial charge in [0.2, 0.25) is 0 Å². The van der Waals surface area contributed by atoms with E-state index in [0.29, 0.717) is 38.6 Å². The van der Waals surface area contributed by atoms with Crippen molar-refractivity contribution in [3.05, 3.63) is 112 Å². The molecule has 0 bridgehead atoms. The van der Waals surface area contributed by atoms with Gasteiger partial charge in [-0.3, -0.25) is 9.88 Å². The van der Waals surface area contributed by atoms with Crippen molar-refractivity contribution in [1.82, 2.24) is 30.4 Å². The van der Waals surface area contributed by atoms with Crippen molar-refractivity contribution in [2.24, 2.45) is 5.73 Å². The molecule has 3 atom stereocenters. The van der Waals surface area contributed by atoms with Crippen LogP contribution in [0.1, 0.15) is 73.2 Å². The van der Waals surface area contributed by atoms with E-state index < -0.39 is 24.1 Å². The number of urea groups is 1. The van der Waals surface area contributed by atoms with E-state index in [2.05, 4.69) is 86.2 Å². The van der Waals surface area contributed by atoms with Gasteiger partial charge in [0.1, 0.15) is 6.61 Å². The quantitative estimate of drug-likeness (QED) is 0.0520. The maximum atomic E-state index is 12.3. The van der Waals surface area contributed by atoms with E-state index in [1.165, 1.54) is 27.4 Å². The van der Waals surface area contributed by atoms with Crippen LogP contribution in [0.4, 0.5) is 9.59 Å². The standard InChI is InChI=1S/C23H27N3O2S.C17H28N4O4S.CH3I.CH4.CH3.HI/c24-20(13-18-7-3-1-4-8-18)11-12-21(14-19-9-5-2-6-10-19)26-23(27)28-16-22-15-25-17-29-22;1-12(2)15-18-13(11-26-15)10-20(3)17(24)19-14(16(22)23)4-5-21-6-8-25-9-7-21;1-2;;;/h1-10,15,17,20-21H,11-14,16,24H2,(H,26,27);11-12,14H,4-10H2,1-3H3,(H,19,24)(H,22,23);1H3;1H4;1H3;1H/q;;;;+1;/p-1/t20-,21-;14-;;;;/m10..../s1. The number of hydrogen-bond donors (Lipinski definition) is 3. The molecule has 2 aromatic carbocycles. The van der Waals surface area contributed by atoms with E-state index in [-0.39, 0.29) is 57.5 Å². The zero-order valence-electron chi connectivity index (χ0n) is 34.7. The van der Waals surface area contributed by atoms with E-state index in [9.17, 15) is 19.5 Å². The summed E-state index contributed by atoms with van der Waals surface area (Å²) >= 11 is 5.18. The van der Waals surface area contributed by atoms with Crippen molar-refractivity contribution in [3.8, 4) is 0 Å². The van der Waals surface area contributed by atoms with Gasteiger partial charge in [-0.25, -0.2) is 14.6 Å². The minimum Gasteiger partial charge on any atom is -0.548 e. The molecule has 2 aromatic heterocycles. The predicted molar refractivity (Wildman–Crippen MR) is 262 cm³/mol. The van der Waals surface area contributed by atoms with E-state index in [1.807, 2.05) is 46.7 Å². The third kappa shape index (κ3) is 22.7. The van der Waals surface area contributed by atoms with Gasteiger partial charge in [0.15, 0.2) is 0 Å². The lowest BCUT2D eigenvalue weighted by Gasteiger charge is -2.29. The lowest BCUT2D eigenvalue weighted by molar-refractivity contribution is -0.308. The van der Waals surface area contributed by atoms with E-state index >= 15 is 0 Å². The number of carbonyl (C=O) groups excluding carboxylic acids is 3. The average Bonchev–Trinajstić information content (AvgIpc) is 3.93. The molecule has 4 aromatic rings. The maximum absolute atomic E-state index is 12.3. The molecule has 3 heterocycles. The molecule has 0 unspecified atom stereocenters. The number of nitrogens with one attached hydrogen (secondary N) is 2. The van der Waals surface area contributed by atoms with Crippen LogP contribution in [0.3, 0.4) is 0 Å². The summed E-state index contributed by atoms with van der Waals surface area (Å²) in [4.78, 5) is 50.9. The first-order valence-corrected chi connectivity index (χ1v) is 23.0. The molecule has 0 radical (unpaired) electrons. The second-order valence-corrected chi connectivity index (χ2v) is 15.7. The Bertz CT molecular complexity index is 1700. The summed E-state index contributed by atoms with van der Waals surface area (Å²) in [5.74, 6) is -0.925. The highest BCUT2D eigenvalue weighted by Crippen LogP contribution is 2.20. The van der Waals surface area contributed by atoms with E-state index in [0.717, 1.165) is 54.4 Å². The number of halogens is 2. The fourth-order valence-corrected chi connectivity index (χ4v) is 7.17. The number of carboxylic acids is 1. The van der Waals surface area contributed by atoms with Gasteiger partial charge in [0.05, 0.1) is 52.9 Å². The van der Waals surface area contributed by atoms with Crippen LogP contribution >= 0.6 is 69.2 Å². The summed E-state index contributed by atoms with van der Waals surface area (Å²) < 4.78 is 10.6. The van der Waals surface area contributed by atoms with E-state index in [4.69, 9.17) is 15.2 Å². The zero-order chi connectivity index (χ0) is 41.4. The van der Waals surface area contributed by atoms with Crippen molar-refractivity contribution < 1.29 is 29.0 Å². The topological polar surface area (TPSA) is 175 Å². The second kappa shape index (κ2) is 32.6. The molecule has 5 rings (SSSR count). The number of morpholine rings is 1. The fourth-order valence-electron chi connectivity index (χ4n) is 5.84. The van der Waals surface area contributed by atoms with Crippen LogP contribution in [0.25, 0.3) is 0 Å². The molecule has 17 heteroatoms. The summed E-state index contributed by atoms with van der Waals surface area (Å²) in [5.41, 5.74) is 11.3. The van der Waals surface area contributed by atoms with Crippen LogP contribution in [0.5, 0.6) is 0 Å². The van der Waals surface area contributed by atoms with Gasteiger partial charge in [-0.2, -0.15) is 0 Å². The predicted octanol–water partition coefficient (Wildman–Crippen LogP) is 7.34. The molecule has 1 aliphatic rings. The summed E-state index contributed by atoms with van der Waals surface area (Å²) in [6, 6.07) is 19.0. The molecule has 0 aliphatic carbocycles. The first-order chi connectivity index (χ1) is 27.5. The highest BCUT2D eigenvalue weighted by Gasteiger charge is 2.20. The smallest absolute Gasteiger partial charge is 0.407 e. The molecule has 1 fully saturated rings. The molecule has 4 N–H and O–H groups in total. The number of benzene rings is 2. The van der Waals surface area contributed by atoms with Crippen molar-refractivity contribution >= 4 is 87.3 Å². The largest absolute Gasteiger partial charge is 0.548 e. The highest BCUT2D eigenvalue weighted by molar-refractivity contribution is 14.1. The molecule has 13 nitrogen and oxygen atoms in total. The highest BCUT2D eigenvalue weighted by atomic mass is 127. The van der Waals surface area contributed by atoms with E-state index in [1.54, 1.807) is 30.1 Å². The Hall–Kier alpha value is -3.08. The van der Waals surface area contributed by atoms with Gasteiger partial charge >= 0.3 is 12.1 Å². The van der Waals surface area contributed by atoms with Gasteiger partial charge in [0.25, 0.3) is 0 Å². The minimum absolute atomic E-state index is 0. The fraction of sp³-hybridized carbons (Fsp3) is 0.488. The Balaban J connectivity index is 0.00000107. The summed E-state index contributed by atoms with van der Waals surface area (Å²) in [6.45, 7) is 8.13. The van der Waals surface area contributed by atoms with Crippen LogP contribution in [0.15, 0.2) is 77.8 Å². The Labute approximate surface area is 396 Å². The maximum Gasteiger partial charge on any atom is 0.407 e. The van der Waals surface area contributed by atoms with Crippen LogP contribution in [0.2, 0.25) is 0 Å². The van der Waals surface area contributed by atoms with Crippen molar-refractivity contribution in [2.45, 2.75) is 90.6 Å². The molecular weight excluding hydrogens is 1030 g/mol. The Morgan fingerprint density at radius 2 is 1.58 bits per heavy atom. The Morgan fingerprint density at radius 1 is 0.967 bits per heavy atom. The molecule has 1 aliphatic heterocycles. The monoisotopic (exact) mass is 1090 g/mol. The number of thiazole rings is 2.